The molecular formula is C8H17NO3. The summed E-state index contributed by atoms with van der Waals surface area (Å²) in [6.45, 7) is 5.43. The molecule has 1 atom stereocenters. The highest BCUT2D eigenvalue weighted by Gasteiger charge is 2.23. The van der Waals surface area contributed by atoms with Crippen LogP contribution in [0.25, 0.3) is 0 Å². The van der Waals surface area contributed by atoms with Gasteiger partial charge < -0.3 is 9.84 Å². The molecule has 0 saturated heterocycles. The molecule has 1 unspecified atom stereocenters. The molecule has 0 aliphatic carbocycles. The third-order valence-corrected chi connectivity index (χ3v) is 1.96. The molecular weight excluding hydrogens is 158 g/mol. The van der Waals surface area contributed by atoms with Gasteiger partial charge in [0.15, 0.2) is 0 Å². The summed E-state index contributed by atoms with van der Waals surface area (Å²) >= 11 is 0. The van der Waals surface area contributed by atoms with Crippen LogP contribution in [0.4, 0.5) is 0 Å². The van der Waals surface area contributed by atoms with Crippen LogP contribution in [0.15, 0.2) is 0 Å². The maximum Gasteiger partial charge on any atom is 0.319 e. The molecule has 12 heavy (non-hydrogen) atoms. The zero-order valence-electron chi connectivity index (χ0n) is 8.05. The first-order valence-corrected chi connectivity index (χ1v) is 3.90. The van der Waals surface area contributed by atoms with Gasteiger partial charge in [-0.3, -0.25) is 10.1 Å². The molecule has 72 valence electrons. The van der Waals surface area contributed by atoms with E-state index in [2.05, 4.69) is 10.1 Å². The maximum absolute atomic E-state index is 10.7. The highest BCUT2D eigenvalue weighted by atomic mass is 16.5. The lowest BCUT2D eigenvalue weighted by atomic mass is 9.99. The molecule has 4 nitrogen and oxygen atoms in total. The Balaban J connectivity index is 3.83. The Hall–Kier alpha value is -0.610. The van der Waals surface area contributed by atoms with E-state index in [0.29, 0.717) is 0 Å². The zero-order chi connectivity index (χ0) is 9.78. The number of nitrogens with one attached hydrogen (secondary N) is 1. The SMILES string of the molecule is COC(=O)CNC(C)(C)C(C)O. The normalized spacial score (nSPS) is 14.1. The van der Waals surface area contributed by atoms with Gasteiger partial charge >= 0.3 is 5.97 Å². The van der Waals surface area contributed by atoms with E-state index < -0.39 is 11.6 Å². The Bertz CT molecular complexity index is 154. The first-order valence-electron chi connectivity index (χ1n) is 3.90. The second-order valence-corrected chi connectivity index (χ2v) is 3.33. The van der Waals surface area contributed by atoms with Crippen LogP contribution in [0.5, 0.6) is 0 Å². The van der Waals surface area contributed by atoms with Crippen molar-refractivity contribution in [1.29, 1.82) is 0 Å². The third-order valence-electron chi connectivity index (χ3n) is 1.96. The third kappa shape index (κ3) is 3.69. The Morgan fingerprint density at radius 2 is 2.17 bits per heavy atom. The minimum Gasteiger partial charge on any atom is -0.468 e. The number of carbonyl (C=O) groups is 1. The largest absolute Gasteiger partial charge is 0.468 e. The molecule has 0 amide bonds. The summed E-state index contributed by atoms with van der Waals surface area (Å²) in [6.07, 6.45) is -0.512. The highest BCUT2D eigenvalue weighted by molar-refractivity contribution is 5.71. The van der Waals surface area contributed by atoms with E-state index in [1.54, 1.807) is 6.92 Å². The number of hydrogen-bond donors (Lipinski definition) is 2. The van der Waals surface area contributed by atoms with Gasteiger partial charge in [-0.2, -0.15) is 0 Å². The van der Waals surface area contributed by atoms with E-state index in [4.69, 9.17) is 0 Å². The summed E-state index contributed by atoms with van der Waals surface area (Å²) < 4.78 is 4.44. The topological polar surface area (TPSA) is 58.6 Å². The second-order valence-electron chi connectivity index (χ2n) is 3.33. The van der Waals surface area contributed by atoms with E-state index in [1.807, 2.05) is 13.8 Å². The molecule has 4 heteroatoms. The predicted octanol–water partition coefficient (Wildman–Crippen LogP) is -0.0916. The van der Waals surface area contributed by atoms with Crippen LogP contribution in [0, 0.1) is 0 Å². The van der Waals surface area contributed by atoms with E-state index >= 15 is 0 Å². The number of ether oxygens (including phenoxy) is 1. The number of rotatable bonds is 4. The van der Waals surface area contributed by atoms with Gasteiger partial charge in [0.05, 0.1) is 19.8 Å². The first kappa shape index (κ1) is 11.4. The van der Waals surface area contributed by atoms with Crippen molar-refractivity contribution in [1.82, 2.24) is 5.32 Å². The summed E-state index contributed by atoms with van der Waals surface area (Å²) in [5.41, 5.74) is -0.464. The number of methoxy groups -OCH3 is 1. The number of carbonyl (C=O) groups excluding carboxylic acids is 1. The van der Waals surface area contributed by atoms with Crippen LogP contribution in [0.1, 0.15) is 20.8 Å². The fourth-order valence-corrected chi connectivity index (χ4v) is 0.520. The quantitative estimate of drug-likeness (QED) is 0.586. The molecule has 0 heterocycles. The van der Waals surface area contributed by atoms with Gasteiger partial charge in [0, 0.05) is 5.54 Å². The van der Waals surface area contributed by atoms with Crippen molar-refractivity contribution in [2.45, 2.75) is 32.4 Å². The summed E-state index contributed by atoms with van der Waals surface area (Å²) in [5, 5.41) is 12.1. The van der Waals surface area contributed by atoms with Crippen molar-refractivity contribution >= 4 is 5.97 Å². The Kier molecular flexibility index (Phi) is 4.20. The van der Waals surface area contributed by atoms with Crippen LogP contribution in [-0.2, 0) is 9.53 Å². The van der Waals surface area contributed by atoms with Crippen molar-refractivity contribution in [3.8, 4) is 0 Å². The molecule has 0 rings (SSSR count). The summed E-state index contributed by atoms with van der Waals surface area (Å²) in [6, 6.07) is 0. The van der Waals surface area contributed by atoms with Gasteiger partial charge in [-0.15, -0.1) is 0 Å². The Morgan fingerprint density at radius 3 is 2.50 bits per heavy atom. The monoisotopic (exact) mass is 175 g/mol. The van der Waals surface area contributed by atoms with E-state index in [-0.39, 0.29) is 12.5 Å². The van der Waals surface area contributed by atoms with Crippen molar-refractivity contribution < 1.29 is 14.6 Å². The van der Waals surface area contributed by atoms with Crippen LogP contribution < -0.4 is 5.32 Å². The minimum absolute atomic E-state index is 0.119. The lowest BCUT2D eigenvalue weighted by molar-refractivity contribution is -0.140. The summed E-state index contributed by atoms with van der Waals surface area (Å²) in [7, 11) is 1.33. The maximum atomic E-state index is 10.7. The van der Waals surface area contributed by atoms with Gasteiger partial charge in [-0.25, -0.2) is 0 Å². The zero-order valence-corrected chi connectivity index (χ0v) is 8.05. The smallest absolute Gasteiger partial charge is 0.319 e. The number of hydrogen-bond acceptors (Lipinski definition) is 4. The highest BCUT2D eigenvalue weighted by Crippen LogP contribution is 2.07. The number of esters is 1. The fourth-order valence-electron chi connectivity index (χ4n) is 0.520. The Labute approximate surface area is 72.9 Å². The van der Waals surface area contributed by atoms with Gasteiger partial charge in [0.2, 0.25) is 0 Å². The summed E-state index contributed by atoms with van der Waals surface area (Å²) in [5.74, 6) is -0.330. The van der Waals surface area contributed by atoms with Gasteiger partial charge in [0.25, 0.3) is 0 Å². The standard InChI is InChI=1S/C8H17NO3/c1-6(10)8(2,3)9-5-7(11)12-4/h6,9-10H,5H2,1-4H3. The van der Waals surface area contributed by atoms with Crippen molar-refractivity contribution in [2.75, 3.05) is 13.7 Å². The average molecular weight is 175 g/mol. The van der Waals surface area contributed by atoms with E-state index in [1.165, 1.54) is 7.11 Å². The first-order chi connectivity index (χ1) is 5.40. The van der Waals surface area contributed by atoms with Crippen LogP contribution >= 0.6 is 0 Å². The fraction of sp³-hybridized carbons (Fsp3) is 0.875. The average Bonchev–Trinajstić information content (AvgIpc) is 2.00. The molecule has 0 aromatic rings. The van der Waals surface area contributed by atoms with Gasteiger partial charge in [-0.1, -0.05) is 0 Å². The lowest BCUT2D eigenvalue weighted by Crippen LogP contribution is -2.50. The number of aliphatic hydroxyl groups excluding tert-OH is 1. The van der Waals surface area contributed by atoms with Crippen molar-refractivity contribution in [3.63, 3.8) is 0 Å². The number of aliphatic hydroxyl groups is 1. The van der Waals surface area contributed by atoms with Crippen LogP contribution in [0.3, 0.4) is 0 Å². The van der Waals surface area contributed by atoms with E-state index in [9.17, 15) is 9.90 Å². The molecule has 0 aliphatic heterocycles. The molecule has 0 bridgehead atoms. The van der Waals surface area contributed by atoms with Crippen molar-refractivity contribution in [3.05, 3.63) is 0 Å². The van der Waals surface area contributed by atoms with Crippen molar-refractivity contribution in [2.24, 2.45) is 0 Å². The summed E-state index contributed by atoms with van der Waals surface area (Å²) in [4.78, 5) is 10.7. The lowest BCUT2D eigenvalue weighted by Gasteiger charge is -2.28. The minimum atomic E-state index is -0.512. The molecule has 0 aromatic carbocycles. The second kappa shape index (κ2) is 4.42. The van der Waals surface area contributed by atoms with Gasteiger partial charge in [-0.05, 0) is 20.8 Å². The van der Waals surface area contributed by atoms with Crippen LogP contribution in [-0.4, -0.2) is 36.4 Å². The van der Waals surface area contributed by atoms with Crippen LogP contribution in [0.2, 0.25) is 0 Å². The molecule has 2 N–H and O–H groups in total. The van der Waals surface area contributed by atoms with E-state index in [0.717, 1.165) is 0 Å². The molecule has 0 radical (unpaired) electrons. The molecule has 0 fully saturated rings. The Morgan fingerprint density at radius 1 is 1.67 bits per heavy atom. The molecule has 0 spiro atoms. The van der Waals surface area contributed by atoms with Gasteiger partial charge in [0.1, 0.15) is 0 Å². The molecule has 0 aliphatic rings. The molecule has 0 aromatic heterocycles. The molecule has 0 saturated carbocycles. The predicted molar refractivity (Wildman–Crippen MR) is 45.8 cm³/mol.